The number of anilines is 1. The maximum absolute atomic E-state index is 11.9. The van der Waals surface area contributed by atoms with Gasteiger partial charge in [0.2, 0.25) is 0 Å². The van der Waals surface area contributed by atoms with Crippen molar-refractivity contribution < 1.29 is 9.59 Å². The summed E-state index contributed by atoms with van der Waals surface area (Å²) < 4.78 is 0. The molecule has 6 heteroatoms. The van der Waals surface area contributed by atoms with Gasteiger partial charge in [0.05, 0.1) is 0 Å². The molecule has 106 valence electrons. The third-order valence-corrected chi connectivity index (χ3v) is 2.63. The summed E-state index contributed by atoms with van der Waals surface area (Å²) in [5.74, 6) is -0.777. The zero-order valence-electron chi connectivity index (χ0n) is 11.4. The maximum Gasteiger partial charge on any atom is 0.271 e. The molecule has 1 aromatic carbocycles. The predicted octanol–water partition coefficient (Wildman–Crippen LogP) is 1.83. The van der Waals surface area contributed by atoms with Crippen LogP contribution in [-0.2, 0) is 4.79 Å². The topological polar surface area (TPSA) is 83.5 Å². The number of carbonyl (C=O) groups is 2. The highest BCUT2D eigenvalue weighted by atomic mass is 16.2. The molecule has 0 atom stereocenters. The third kappa shape index (κ3) is 4.24. The molecule has 0 saturated carbocycles. The van der Waals surface area contributed by atoms with Crippen LogP contribution in [0.4, 0.5) is 5.69 Å². The van der Waals surface area contributed by atoms with Crippen LogP contribution in [0.15, 0.2) is 60.0 Å². The van der Waals surface area contributed by atoms with Gasteiger partial charge in [-0.15, -0.1) is 0 Å². The van der Waals surface area contributed by atoms with Crippen molar-refractivity contribution in [2.75, 3.05) is 5.32 Å². The summed E-state index contributed by atoms with van der Waals surface area (Å²) >= 11 is 0. The van der Waals surface area contributed by atoms with Crippen LogP contribution < -0.4 is 10.7 Å². The summed E-state index contributed by atoms with van der Waals surface area (Å²) in [6.45, 7) is 1.52. The number of rotatable bonds is 4. The van der Waals surface area contributed by atoms with Crippen molar-refractivity contribution in [3.8, 4) is 0 Å². The summed E-state index contributed by atoms with van der Waals surface area (Å²) in [6.07, 6.45) is 3.02. The SMILES string of the molecule is C/C(=N\NC(=O)c1ccncc1)C(=O)Nc1ccccc1. The van der Waals surface area contributed by atoms with E-state index in [2.05, 4.69) is 20.8 Å². The van der Waals surface area contributed by atoms with Gasteiger partial charge in [-0.3, -0.25) is 14.6 Å². The highest BCUT2D eigenvalue weighted by Crippen LogP contribution is 2.04. The van der Waals surface area contributed by atoms with Crippen LogP contribution in [0.2, 0.25) is 0 Å². The van der Waals surface area contributed by atoms with E-state index in [1.165, 1.54) is 19.3 Å². The van der Waals surface area contributed by atoms with Gasteiger partial charge in [-0.1, -0.05) is 18.2 Å². The molecular weight excluding hydrogens is 268 g/mol. The molecule has 2 aromatic rings. The molecular formula is C15H14N4O2. The average Bonchev–Trinajstić information content (AvgIpc) is 2.54. The van der Waals surface area contributed by atoms with Crippen LogP contribution in [0, 0.1) is 0 Å². The molecule has 0 fully saturated rings. The number of nitrogens with one attached hydrogen (secondary N) is 2. The lowest BCUT2D eigenvalue weighted by Gasteiger charge is -2.05. The smallest absolute Gasteiger partial charge is 0.271 e. The van der Waals surface area contributed by atoms with E-state index >= 15 is 0 Å². The van der Waals surface area contributed by atoms with Crippen LogP contribution >= 0.6 is 0 Å². The molecule has 6 nitrogen and oxygen atoms in total. The molecule has 0 bridgehead atoms. The van der Waals surface area contributed by atoms with Crippen molar-refractivity contribution >= 4 is 23.2 Å². The van der Waals surface area contributed by atoms with Gasteiger partial charge in [0.25, 0.3) is 11.8 Å². The van der Waals surface area contributed by atoms with E-state index in [0.717, 1.165) is 0 Å². The first-order valence-electron chi connectivity index (χ1n) is 6.28. The number of hydrogen-bond acceptors (Lipinski definition) is 4. The fourth-order valence-corrected chi connectivity index (χ4v) is 1.50. The molecule has 21 heavy (non-hydrogen) atoms. The van der Waals surface area contributed by atoms with Gasteiger partial charge >= 0.3 is 0 Å². The van der Waals surface area contributed by atoms with Crippen molar-refractivity contribution in [1.82, 2.24) is 10.4 Å². The summed E-state index contributed by atoms with van der Waals surface area (Å²) in [7, 11) is 0. The summed E-state index contributed by atoms with van der Waals surface area (Å²) in [5, 5.41) is 6.46. The van der Waals surface area contributed by atoms with E-state index < -0.39 is 5.91 Å². The molecule has 0 saturated heterocycles. The lowest BCUT2D eigenvalue weighted by Crippen LogP contribution is -2.25. The van der Waals surface area contributed by atoms with E-state index in [4.69, 9.17) is 0 Å². The number of nitrogens with zero attached hydrogens (tertiary/aromatic N) is 2. The highest BCUT2D eigenvalue weighted by molar-refractivity contribution is 6.42. The Morgan fingerprint density at radius 2 is 1.71 bits per heavy atom. The monoisotopic (exact) mass is 282 g/mol. The minimum atomic E-state index is -0.399. The summed E-state index contributed by atoms with van der Waals surface area (Å²) in [5.41, 5.74) is 3.57. The zero-order valence-corrected chi connectivity index (χ0v) is 11.4. The normalized spacial score (nSPS) is 10.8. The fourth-order valence-electron chi connectivity index (χ4n) is 1.50. The Hall–Kier alpha value is -3.02. The van der Waals surface area contributed by atoms with Crippen LogP contribution in [-0.4, -0.2) is 22.5 Å². The van der Waals surface area contributed by atoms with Gasteiger partial charge in [0.15, 0.2) is 0 Å². The quantitative estimate of drug-likeness (QED) is 0.663. The van der Waals surface area contributed by atoms with E-state index in [1.54, 1.807) is 24.3 Å². The second kappa shape index (κ2) is 6.95. The van der Waals surface area contributed by atoms with Gasteiger partial charge < -0.3 is 5.32 Å². The highest BCUT2D eigenvalue weighted by Gasteiger charge is 2.08. The first-order valence-corrected chi connectivity index (χ1v) is 6.28. The van der Waals surface area contributed by atoms with Crippen LogP contribution in [0.25, 0.3) is 0 Å². The molecule has 1 aromatic heterocycles. The molecule has 2 amide bonds. The molecule has 0 aliphatic heterocycles. The predicted molar refractivity (Wildman–Crippen MR) is 79.9 cm³/mol. The van der Waals surface area contributed by atoms with Gasteiger partial charge in [0, 0.05) is 23.6 Å². The second-order valence-electron chi connectivity index (χ2n) is 4.19. The van der Waals surface area contributed by atoms with Crippen molar-refractivity contribution in [1.29, 1.82) is 0 Å². The molecule has 2 N–H and O–H groups in total. The van der Waals surface area contributed by atoms with Crippen molar-refractivity contribution in [3.05, 3.63) is 60.4 Å². The second-order valence-corrected chi connectivity index (χ2v) is 4.19. The fraction of sp³-hybridized carbons (Fsp3) is 0.0667. The molecule has 0 radical (unpaired) electrons. The Labute approximate surface area is 121 Å². The first-order chi connectivity index (χ1) is 10.2. The zero-order chi connectivity index (χ0) is 15.1. The van der Waals surface area contributed by atoms with Crippen LogP contribution in [0.5, 0.6) is 0 Å². The minimum Gasteiger partial charge on any atom is -0.321 e. The maximum atomic E-state index is 11.9. The van der Waals surface area contributed by atoms with E-state index in [0.29, 0.717) is 11.3 Å². The number of carbonyl (C=O) groups excluding carboxylic acids is 2. The average molecular weight is 282 g/mol. The number of aromatic nitrogens is 1. The summed E-state index contributed by atoms with van der Waals surface area (Å²) in [4.78, 5) is 27.4. The first kappa shape index (κ1) is 14.4. The largest absolute Gasteiger partial charge is 0.321 e. The Balaban J connectivity index is 1.95. The minimum absolute atomic E-state index is 0.154. The number of hydrazone groups is 1. The van der Waals surface area contributed by atoms with Crippen molar-refractivity contribution in [2.45, 2.75) is 6.92 Å². The Bertz CT molecular complexity index is 654. The number of benzene rings is 1. The van der Waals surface area contributed by atoms with E-state index in [-0.39, 0.29) is 11.6 Å². The number of para-hydroxylation sites is 1. The molecule has 0 aliphatic rings. The standard InChI is InChI=1S/C15H14N4O2/c1-11(14(20)17-13-5-3-2-4-6-13)18-19-15(21)12-7-9-16-10-8-12/h2-10H,1H3,(H,17,20)(H,19,21)/b18-11+. The number of pyridine rings is 1. The van der Waals surface area contributed by atoms with Crippen LogP contribution in [0.1, 0.15) is 17.3 Å². The molecule has 0 aliphatic carbocycles. The third-order valence-electron chi connectivity index (χ3n) is 2.63. The molecule has 1 heterocycles. The van der Waals surface area contributed by atoms with Gasteiger partial charge in [0.1, 0.15) is 5.71 Å². The molecule has 2 rings (SSSR count). The van der Waals surface area contributed by atoms with Crippen LogP contribution in [0.3, 0.4) is 0 Å². The molecule has 0 spiro atoms. The summed E-state index contributed by atoms with van der Waals surface area (Å²) in [6, 6.07) is 12.1. The Morgan fingerprint density at radius 3 is 2.38 bits per heavy atom. The van der Waals surface area contributed by atoms with Gasteiger partial charge in [-0.2, -0.15) is 5.10 Å². The lowest BCUT2D eigenvalue weighted by atomic mass is 10.2. The van der Waals surface area contributed by atoms with Crippen molar-refractivity contribution in [2.24, 2.45) is 5.10 Å². The van der Waals surface area contributed by atoms with E-state index in [9.17, 15) is 9.59 Å². The molecule has 0 unspecified atom stereocenters. The Kier molecular flexibility index (Phi) is 4.76. The van der Waals surface area contributed by atoms with E-state index in [1.807, 2.05) is 18.2 Å². The number of hydrogen-bond donors (Lipinski definition) is 2. The van der Waals surface area contributed by atoms with Crippen molar-refractivity contribution in [3.63, 3.8) is 0 Å². The lowest BCUT2D eigenvalue weighted by molar-refractivity contribution is -0.110. The number of amides is 2. The van der Waals surface area contributed by atoms with Gasteiger partial charge in [-0.25, -0.2) is 5.43 Å². The Morgan fingerprint density at radius 1 is 1.05 bits per heavy atom. The van der Waals surface area contributed by atoms with Gasteiger partial charge in [-0.05, 0) is 31.2 Å².